The molecule has 1 aliphatic rings. The van der Waals surface area contributed by atoms with Crippen LogP contribution in [0.3, 0.4) is 0 Å². The van der Waals surface area contributed by atoms with Gasteiger partial charge in [0.05, 0.1) is 17.6 Å². The van der Waals surface area contributed by atoms with E-state index in [1.54, 1.807) is 6.92 Å². The number of hydrogen-bond acceptors (Lipinski definition) is 4. The minimum Gasteiger partial charge on any atom is -0.389 e. The van der Waals surface area contributed by atoms with E-state index in [9.17, 15) is 13.5 Å². The van der Waals surface area contributed by atoms with Gasteiger partial charge in [-0.05, 0) is 18.1 Å². The third-order valence-corrected chi connectivity index (χ3v) is 4.91. The molecule has 1 aromatic rings. The molecular weight excluding hydrogens is 250 g/mol. The van der Waals surface area contributed by atoms with E-state index in [1.165, 1.54) is 0 Å². The van der Waals surface area contributed by atoms with Crippen molar-refractivity contribution in [3.63, 3.8) is 0 Å². The summed E-state index contributed by atoms with van der Waals surface area (Å²) in [4.78, 5) is 2.15. The molecule has 1 heterocycles. The van der Waals surface area contributed by atoms with Crippen LogP contribution in [-0.2, 0) is 16.4 Å². The van der Waals surface area contributed by atoms with E-state index in [-0.39, 0.29) is 11.5 Å². The Hall–Kier alpha value is -0.910. The van der Waals surface area contributed by atoms with Crippen LogP contribution in [0.2, 0.25) is 0 Å². The van der Waals surface area contributed by atoms with Crippen molar-refractivity contribution in [1.29, 1.82) is 0 Å². The van der Waals surface area contributed by atoms with Crippen molar-refractivity contribution in [2.24, 2.45) is 0 Å². The van der Waals surface area contributed by atoms with Crippen LogP contribution in [0.4, 0.5) is 0 Å². The second kappa shape index (κ2) is 5.38. The van der Waals surface area contributed by atoms with Crippen molar-refractivity contribution in [3.05, 3.63) is 35.4 Å². The van der Waals surface area contributed by atoms with Gasteiger partial charge in [0.25, 0.3) is 0 Å². The van der Waals surface area contributed by atoms with Gasteiger partial charge in [-0.2, -0.15) is 0 Å². The molecule has 0 saturated carbocycles. The average Bonchev–Trinajstić information content (AvgIpc) is 2.33. The molecule has 1 unspecified atom stereocenters. The maximum atomic E-state index is 11.3. The van der Waals surface area contributed by atoms with E-state index < -0.39 is 15.9 Å². The Morgan fingerprint density at radius 3 is 2.28 bits per heavy atom. The van der Waals surface area contributed by atoms with Gasteiger partial charge in [0.15, 0.2) is 9.84 Å². The number of aliphatic hydroxyl groups is 1. The molecule has 5 heteroatoms. The molecule has 18 heavy (non-hydrogen) atoms. The third-order valence-electron chi connectivity index (χ3n) is 3.31. The lowest BCUT2D eigenvalue weighted by atomic mass is 10.1. The maximum absolute atomic E-state index is 11.3. The Balaban J connectivity index is 1.94. The molecule has 0 aliphatic carbocycles. The number of nitrogens with zero attached hydrogens (tertiary/aromatic N) is 1. The summed E-state index contributed by atoms with van der Waals surface area (Å²) in [5.74, 6) is 0.525. The number of hydrogen-bond donors (Lipinski definition) is 1. The Kier molecular flexibility index (Phi) is 4.04. The minimum atomic E-state index is -2.80. The smallest absolute Gasteiger partial charge is 0.152 e. The lowest BCUT2D eigenvalue weighted by Gasteiger charge is -2.26. The Bertz CT molecular complexity index is 479. The SMILES string of the molecule is CC(O)c1ccc(CN2CCS(=O)(=O)CC2)cc1. The van der Waals surface area contributed by atoms with Crippen molar-refractivity contribution in [2.45, 2.75) is 19.6 Å². The maximum Gasteiger partial charge on any atom is 0.152 e. The summed E-state index contributed by atoms with van der Waals surface area (Å²) in [6, 6.07) is 7.82. The van der Waals surface area contributed by atoms with Gasteiger partial charge in [0.2, 0.25) is 0 Å². The molecule has 1 N–H and O–H groups in total. The molecule has 1 atom stereocenters. The Morgan fingerprint density at radius 2 is 1.78 bits per heavy atom. The minimum absolute atomic E-state index is 0.263. The van der Waals surface area contributed by atoms with Crippen molar-refractivity contribution < 1.29 is 13.5 Å². The Labute approximate surface area is 108 Å². The summed E-state index contributed by atoms with van der Waals surface area (Å²) in [5, 5.41) is 9.42. The highest BCUT2D eigenvalue weighted by molar-refractivity contribution is 7.91. The van der Waals surface area contributed by atoms with Crippen LogP contribution in [0.15, 0.2) is 24.3 Å². The number of sulfone groups is 1. The van der Waals surface area contributed by atoms with E-state index in [0.717, 1.165) is 17.7 Å². The van der Waals surface area contributed by atoms with Crippen LogP contribution in [0.5, 0.6) is 0 Å². The van der Waals surface area contributed by atoms with Crippen LogP contribution in [0.25, 0.3) is 0 Å². The van der Waals surface area contributed by atoms with E-state index in [1.807, 2.05) is 24.3 Å². The fourth-order valence-corrected chi connectivity index (χ4v) is 3.34. The second-order valence-electron chi connectivity index (χ2n) is 4.85. The molecule has 1 aliphatic heterocycles. The van der Waals surface area contributed by atoms with Crippen molar-refractivity contribution in [2.75, 3.05) is 24.6 Å². The summed E-state index contributed by atoms with van der Waals surface area (Å²) >= 11 is 0. The first-order valence-electron chi connectivity index (χ1n) is 6.16. The topological polar surface area (TPSA) is 57.6 Å². The summed E-state index contributed by atoms with van der Waals surface area (Å²) < 4.78 is 22.6. The van der Waals surface area contributed by atoms with Crippen LogP contribution < -0.4 is 0 Å². The van der Waals surface area contributed by atoms with Crippen LogP contribution in [-0.4, -0.2) is 43.0 Å². The van der Waals surface area contributed by atoms with E-state index >= 15 is 0 Å². The molecule has 0 spiro atoms. The molecule has 1 aromatic carbocycles. The highest BCUT2D eigenvalue weighted by Gasteiger charge is 2.21. The highest BCUT2D eigenvalue weighted by atomic mass is 32.2. The number of aliphatic hydroxyl groups excluding tert-OH is 1. The van der Waals surface area contributed by atoms with Crippen LogP contribution >= 0.6 is 0 Å². The first kappa shape index (κ1) is 13.5. The van der Waals surface area contributed by atoms with E-state index in [2.05, 4.69) is 4.90 Å². The monoisotopic (exact) mass is 269 g/mol. The fourth-order valence-electron chi connectivity index (χ4n) is 2.07. The summed E-state index contributed by atoms with van der Waals surface area (Å²) in [6.07, 6.45) is -0.445. The summed E-state index contributed by atoms with van der Waals surface area (Å²) in [7, 11) is -2.80. The third kappa shape index (κ3) is 3.54. The molecule has 0 radical (unpaired) electrons. The largest absolute Gasteiger partial charge is 0.389 e. The van der Waals surface area contributed by atoms with Gasteiger partial charge in [-0.25, -0.2) is 8.42 Å². The molecule has 0 amide bonds. The number of benzene rings is 1. The van der Waals surface area contributed by atoms with Gasteiger partial charge < -0.3 is 5.11 Å². The normalized spacial score (nSPS) is 21.7. The van der Waals surface area contributed by atoms with Gasteiger partial charge in [-0.1, -0.05) is 24.3 Å². The van der Waals surface area contributed by atoms with Crippen molar-refractivity contribution in [3.8, 4) is 0 Å². The molecule has 0 bridgehead atoms. The average molecular weight is 269 g/mol. The molecule has 0 aromatic heterocycles. The highest BCUT2D eigenvalue weighted by Crippen LogP contribution is 2.15. The summed E-state index contributed by atoms with van der Waals surface area (Å²) in [5.41, 5.74) is 2.05. The van der Waals surface area contributed by atoms with Gasteiger partial charge in [-0.3, -0.25) is 4.90 Å². The van der Waals surface area contributed by atoms with Gasteiger partial charge in [0.1, 0.15) is 0 Å². The fraction of sp³-hybridized carbons (Fsp3) is 0.538. The predicted molar refractivity (Wildman–Crippen MR) is 71.0 cm³/mol. The quantitative estimate of drug-likeness (QED) is 0.888. The van der Waals surface area contributed by atoms with Crippen LogP contribution in [0, 0.1) is 0 Å². The lowest BCUT2D eigenvalue weighted by Crippen LogP contribution is -2.39. The zero-order valence-corrected chi connectivity index (χ0v) is 11.4. The molecular formula is C13H19NO3S. The molecule has 1 saturated heterocycles. The van der Waals surface area contributed by atoms with Gasteiger partial charge in [0, 0.05) is 19.6 Å². The number of rotatable bonds is 3. The lowest BCUT2D eigenvalue weighted by molar-refractivity contribution is 0.199. The van der Waals surface area contributed by atoms with E-state index in [0.29, 0.717) is 13.1 Å². The molecule has 100 valence electrons. The standard InChI is InChI=1S/C13H19NO3S/c1-11(15)13-4-2-12(3-5-13)10-14-6-8-18(16,17)9-7-14/h2-5,11,15H,6-10H2,1H3. The van der Waals surface area contributed by atoms with E-state index in [4.69, 9.17) is 0 Å². The zero-order chi connectivity index (χ0) is 13.2. The van der Waals surface area contributed by atoms with Crippen LogP contribution in [0.1, 0.15) is 24.2 Å². The zero-order valence-electron chi connectivity index (χ0n) is 10.5. The molecule has 1 fully saturated rings. The predicted octanol–water partition coefficient (Wildman–Crippen LogP) is 0.970. The van der Waals surface area contributed by atoms with Gasteiger partial charge >= 0.3 is 0 Å². The molecule has 2 rings (SSSR count). The van der Waals surface area contributed by atoms with Crippen molar-refractivity contribution in [1.82, 2.24) is 4.90 Å². The first-order valence-corrected chi connectivity index (χ1v) is 7.98. The Morgan fingerprint density at radius 1 is 1.22 bits per heavy atom. The summed E-state index contributed by atoms with van der Waals surface area (Å²) in [6.45, 7) is 3.74. The molecule has 4 nitrogen and oxygen atoms in total. The van der Waals surface area contributed by atoms with Gasteiger partial charge in [-0.15, -0.1) is 0 Å². The van der Waals surface area contributed by atoms with Crippen molar-refractivity contribution >= 4 is 9.84 Å². The second-order valence-corrected chi connectivity index (χ2v) is 7.15. The first-order chi connectivity index (χ1) is 8.46.